The molecule has 1 aromatic heterocycles. The second kappa shape index (κ2) is 8.08. The fourth-order valence-electron chi connectivity index (χ4n) is 3.86. The van der Waals surface area contributed by atoms with Gasteiger partial charge in [-0.3, -0.25) is 0 Å². The Bertz CT molecular complexity index is 1070. The van der Waals surface area contributed by atoms with E-state index in [0.29, 0.717) is 31.0 Å². The van der Waals surface area contributed by atoms with Gasteiger partial charge < -0.3 is 24.6 Å². The Balaban J connectivity index is 1.66. The van der Waals surface area contributed by atoms with Crippen LogP contribution in [0.5, 0.6) is 0 Å². The Kier molecular flexibility index (Phi) is 5.60. The van der Waals surface area contributed by atoms with E-state index in [4.69, 9.17) is 10.6 Å². The summed E-state index contributed by atoms with van der Waals surface area (Å²) in [4.78, 5) is 25.3. The normalized spacial score (nSPS) is 22.4. The van der Waals surface area contributed by atoms with Crippen molar-refractivity contribution in [3.05, 3.63) is 29.2 Å². The Morgan fingerprint density at radius 3 is 2.74 bits per heavy atom. The van der Waals surface area contributed by atoms with Gasteiger partial charge in [0.25, 0.3) is 0 Å². The minimum absolute atomic E-state index is 0.0267. The lowest BCUT2D eigenvalue weighted by molar-refractivity contribution is -0.129. The number of fused-ring (bicyclic) bond motifs is 1. The van der Waals surface area contributed by atoms with Gasteiger partial charge in [-0.25, -0.2) is 14.2 Å². The first-order valence-electron chi connectivity index (χ1n) is 9.87. The third kappa shape index (κ3) is 4.49. The smallest absolute Gasteiger partial charge is 0.351 e. The lowest BCUT2D eigenvalue weighted by Crippen LogP contribution is -2.31. The van der Waals surface area contributed by atoms with E-state index in [1.807, 2.05) is 0 Å². The van der Waals surface area contributed by atoms with Gasteiger partial charge in [0.05, 0.1) is 24.1 Å². The molecule has 0 amide bonds. The van der Waals surface area contributed by atoms with E-state index in [-0.39, 0.29) is 29.8 Å². The summed E-state index contributed by atoms with van der Waals surface area (Å²) in [6.07, 6.45) is 4.18. The molecule has 2 fully saturated rings. The number of rotatable bonds is 6. The highest BCUT2D eigenvalue weighted by molar-refractivity contribution is 7.86. The molecular formula is C19H24FN5O5S. The summed E-state index contributed by atoms with van der Waals surface area (Å²) in [5.41, 5.74) is 7.18. The van der Waals surface area contributed by atoms with Crippen LogP contribution in [-0.4, -0.2) is 64.1 Å². The zero-order valence-corrected chi connectivity index (χ0v) is 18.1. The van der Waals surface area contributed by atoms with Crippen LogP contribution < -0.4 is 15.5 Å². The first-order valence-corrected chi connectivity index (χ1v) is 11.7. The molecule has 2 N–H and O–H groups in total. The van der Waals surface area contributed by atoms with Crippen molar-refractivity contribution < 1.29 is 26.6 Å². The zero-order valence-electron chi connectivity index (χ0n) is 17.2. The Morgan fingerprint density at radius 2 is 2.13 bits per heavy atom. The molecule has 10 nitrogen and oxygen atoms in total. The highest BCUT2D eigenvalue weighted by Gasteiger charge is 2.37. The highest BCUT2D eigenvalue weighted by atomic mass is 32.2. The van der Waals surface area contributed by atoms with Crippen LogP contribution in [0.4, 0.5) is 16.0 Å². The van der Waals surface area contributed by atoms with Crippen molar-refractivity contribution in [2.24, 2.45) is 16.8 Å². The number of anilines is 2. The van der Waals surface area contributed by atoms with Crippen molar-refractivity contribution >= 4 is 33.4 Å². The molecule has 1 saturated carbocycles. The largest absolute Gasteiger partial charge is 0.399 e. The molecule has 1 aromatic rings. The average molecular weight is 453 g/mol. The van der Waals surface area contributed by atoms with Crippen molar-refractivity contribution in [1.82, 2.24) is 4.98 Å². The van der Waals surface area contributed by atoms with Gasteiger partial charge in [-0.1, -0.05) is 5.16 Å². The molecule has 1 aliphatic carbocycles. The standard InChI is InChI=1S/C19H24FN5O5S/c1-29-23-16-10-24(8-13(16)7-21)18-15(20)6-11-5-12(19(26)30-31(2,27)28)9-25(14-3-4-14)17(11)22-18/h6,9,13-14H,3-5,7-8,10,21H2,1-2H3/b23-16+. The number of carbonyl (C=O) groups excluding carboxylic acids is 1. The van der Waals surface area contributed by atoms with Crippen LogP contribution in [0.2, 0.25) is 0 Å². The number of hydrogen-bond donors (Lipinski definition) is 1. The Hall–Kier alpha value is -2.73. The summed E-state index contributed by atoms with van der Waals surface area (Å²) in [5, 5.41) is 4.00. The lowest BCUT2D eigenvalue weighted by Gasteiger charge is -2.29. The van der Waals surface area contributed by atoms with E-state index in [2.05, 4.69) is 14.3 Å². The molecule has 168 valence electrons. The maximum Gasteiger partial charge on any atom is 0.351 e. The molecule has 1 saturated heterocycles. The maximum atomic E-state index is 15.1. The molecule has 12 heteroatoms. The van der Waals surface area contributed by atoms with Crippen LogP contribution in [0.1, 0.15) is 18.4 Å². The number of oxime groups is 1. The number of pyridine rings is 1. The summed E-state index contributed by atoms with van der Waals surface area (Å²) in [7, 11) is -2.50. The molecule has 0 spiro atoms. The van der Waals surface area contributed by atoms with Crippen molar-refractivity contribution in [3.63, 3.8) is 0 Å². The predicted molar refractivity (Wildman–Crippen MR) is 112 cm³/mol. The number of hydrogen-bond acceptors (Lipinski definition) is 10. The first kappa shape index (κ1) is 21.5. The van der Waals surface area contributed by atoms with E-state index in [1.54, 1.807) is 16.0 Å². The van der Waals surface area contributed by atoms with Gasteiger partial charge in [-0.05, 0) is 18.9 Å². The van der Waals surface area contributed by atoms with E-state index in [1.165, 1.54) is 13.2 Å². The second-order valence-electron chi connectivity index (χ2n) is 7.90. The van der Waals surface area contributed by atoms with Gasteiger partial charge in [0.1, 0.15) is 12.9 Å². The fourth-order valence-corrected chi connectivity index (χ4v) is 4.24. The molecular weight excluding hydrogens is 429 g/mol. The van der Waals surface area contributed by atoms with E-state index >= 15 is 4.39 Å². The number of nitrogens with zero attached hydrogens (tertiary/aromatic N) is 4. The van der Waals surface area contributed by atoms with Gasteiger partial charge >= 0.3 is 16.1 Å². The maximum absolute atomic E-state index is 15.1. The van der Waals surface area contributed by atoms with Crippen molar-refractivity contribution in [1.29, 1.82) is 0 Å². The van der Waals surface area contributed by atoms with Crippen molar-refractivity contribution in [3.8, 4) is 0 Å². The SMILES string of the molecule is CO/N=C1\CN(c2nc3c(cc2F)CC(C(=O)OS(C)(=O)=O)=CN3C2CC2)CC1CN. The highest BCUT2D eigenvalue weighted by Crippen LogP contribution is 2.39. The number of aromatic nitrogens is 1. The van der Waals surface area contributed by atoms with Crippen LogP contribution in [-0.2, 0) is 30.4 Å². The summed E-state index contributed by atoms with van der Waals surface area (Å²) in [6.45, 7) is 1.17. The third-order valence-corrected chi connectivity index (χ3v) is 5.88. The minimum Gasteiger partial charge on any atom is -0.399 e. The van der Waals surface area contributed by atoms with Gasteiger partial charge in [0, 0.05) is 43.2 Å². The topological polar surface area (TPSA) is 127 Å². The molecule has 4 rings (SSSR count). The monoisotopic (exact) mass is 453 g/mol. The van der Waals surface area contributed by atoms with Crippen molar-refractivity contribution in [2.45, 2.75) is 25.3 Å². The van der Waals surface area contributed by atoms with E-state index in [0.717, 1.165) is 24.8 Å². The molecule has 3 heterocycles. The number of nitrogens with two attached hydrogens (primary N) is 1. The van der Waals surface area contributed by atoms with Crippen molar-refractivity contribution in [2.75, 3.05) is 42.8 Å². The summed E-state index contributed by atoms with van der Waals surface area (Å²) in [5.74, 6) is -0.833. The third-order valence-electron chi connectivity index (χ3n) is 5.42. The molecule has 1 atom stereocenters. The average Bonchev–Trinajstić information content (AvgIpc) is 3.46. The van der Waals surface area contributed by atoms with Crippen LogP contribution in [0.15, 0.2) is 23.0 Å². The molecule has 31 heavy (non-hydrogen) atoms. The molecule has 0 bridgehead atoms. The van der Waals surface area contributed by atoms with Gasteiger partial charge in [-0.15, -0.1) is 0 Å². The van der Waals surface area contributed by atoms with E-state index in [9.17, 15) is 13.2 Å². The second-order valence-corrected chi connectivity index (χ2v) is 9.47. The minimum atomic E-state index is -3.95. The van der Waals surface area contributed by atoms with E-state index < -0.39 is 21.9 Å². The van der Waals surface area contributed by atoms with Gasteiger partial charge in [0.2, 0.25) is 0 Å². The summed E-state index contributed by atoms with van der Waals surface area (Å²) in [6, 6.07) is 1.46. The lowest BCUT2D eigenvalue weighted by atomic mass is 10.0. The Morgan fingerprint density at radius 1 is 1.39 bits per heavy atom. The van der Waals surface area contributed by atoms with Crippen LogP contribution in [0.25, 0.3) is 0 Å². The quantitative estimate of drug-likeness (QED) is 0.484. The molecule has 0 radical (unpaired) electrons. The summed E-state index contributed by atoms with van der Waals surface area (Å²) >= 11 is 0. The fraction of sp³-hybridized carbons (Fsp3) is 0.526. The number of carbonyl (C=O) groups is 1. The molecule has 0 aromatic carbocycles. The van der Waals surface area contributed by atoms with Gasteiger partial charge in [-0.2, -0.15) is 8.42 Å². The van der Waals surface area contributed by atoms with Crippen LogP contribution in [0, 0.1) is 11.7 Å². The predicted octanol–water partition coefficient (Wildman–Crippen LogP) is 0.530. The first-order chi connectivity index (χ1) is 14.7. The number of halogens is 1. The zero-order chi connectivity index (χ0) is 22.3. The van der Waals surface area contributed by atoms with Gasteiger partial charge in [0.15, 0.2) is 11.6 Å². The molecule has 2 aliphatic heterocycles. The Labute approximate surface area is 179 Å². The molecule has 1 unspecified atom stereocenters. The van der Waals surface area contributed by atoms with Crippen LogP contribution >= 0.6 is 0 Å². The van der Waals surface area contributed by atoms with Crippen LogP contribution in [0.3, 0.4) is 0 Å². The summed E-state index contributed by atoms with van der Waals surface area (Å²) < 4.78 is 42.3. The molecule has 3 aliphatic rings.